The topological polar surface area (TPSA) is 0 Å². The predicted molar refractivity (Wildman–Crippen MR) is 42.0 cm³/mol. The number of allylic oxidation sites excluding steroid dienone is 2. The number of hydrogen-bond acceptors (Lipinski definition) is 0. The highest BCUT2D eigenvalue weighted by molar-refractivity contribution is 5.19. The maximum Gasteiger partial charge on any atom is -0.0127 e. The summed E-state index contributed by atoms with van der Waals surface area (Å²) in [5.74, 6) is 2.51. The van der Waals surface area contributed by atoms with E-state index in [-0.39, 0.29) is 5.41 Å². The van der Waals surface area contributed by atoms with Crippen molar-refractivity contribution in [2.45, 2.75) is 27.7 Å². The molecule has 0 heteroatoms. The van der Waals surface area contributed by atoms with Crippen LogP contribution in [0.4, 0.5) is 0 Å². The third-order valence-corrected chi connectivity index (χ3v) is 1.48. The van der Waals surface area contributed by atoms with Gasteiger partial charge in [-0.3, -0.25) is 0 Å². The van der Waals surface area contributed by atoms with Gasteiger partial charge in [-0.2, -0.15) is 0 Å². The number of terminal acetylenes is 1. The van der Waals surface area contributed by atoms with E-state index in [4.69, 9.17) is 6.42 Å². The minimum absolute atomic E-state index is 0.229. The summed E-state index contributed by atoms with van der Waals surface area (Å²) in [4.78, 5) is 0. The highest BCUT2D eigenvalue weighted by Crippen LogP contribution is 2.23. The summed E-state index contributed by atoms with van der Waals surface area (Å²) in [7, 11) is 0. The van der Waals surface area contributed by atoms with Crippen molar-refractivity contribution in [3.63, 3.8) is 0 Å². The van der Waals surface area contributed by atoms with Crippen LogP contribution in [0.25, 0.3) is 0 Å². The monoisotopic (exact) mass is 122 g/mol. The predicted octanol–water partition coefficient (Wildman–Crippen LogP) is 2.61. The van der Waals surface area contributed by atoms with Gasteiger partial charge in [-0.25, -0.2) is 0 Å². The summed E-state index contributed by atoms with van der Waals surface area (Å²) in [6.07, 6.45) is 6.92. The second kappa shape index (κ2) is 2.73. The van der Waals surface area contributed by atoms with Crippen molar-refractivity contribution in [1.82, 2.24) is 0 Å². The molecule has 0 nitrogen and oxygen atoms in total. The molecule has 0 fully saturated rings. The zero-order valence-electron chi connectivity index (χ0n) is 6.65. The van der Waals surface area contributed by atoms with E-state index in [0.717, 1.165) is 0 Å². The first-order valence-electron chi connectivity index (χ1n) is 3.12. The fourth-order valence-corrected chi connectivity index (χ4v) is 0.342. The molecule has 0 heterocycles. The van der Waals surface area contributed by atoms with E-state index in [1.165, 1.54) is 5.57 Å². The second-order valence-electron chi connectivity index (χ2n) is 3.24. The van der Waals surface area contributed by atoms with Crippen molar-refractivity contribution >= 4 is 0 Å². The molecule has 0 radical (unpaired) electrons. The molecule has 50 valence electrons. The minimum Gasteiger partial charge on any atom is -0.115 e. The van der Waals surface area contributed by atoms with E-state index in [2.05, 4.69) is 33.6 Å². The van der Waals surface area contributed by atoms with Gasteiger partial charge < -0.3 is 0 Å². The van der Waals surface area contributed by atoms with Gasteiger partial charge in [-0.05, 0) is 18.4 Å². The Kier molecular flexibility index (Phi) is 2.52. The van der Waals surface area contributed by atoms with E-state index in [1.807, 2.05) is 6.08 Å². The lowest BCUT2D eigenvalue weighted by atomic mass is 9.88. The summed E-state index contributed by atoms with van der Waals surface area (Å²) < 4.78 is 0. The van der Waals surface area contributed by atoms with Gasteiger partial charge in [0.25, 0.3) is 0 Å². The first-order valence-corrected chi connectivity index (χ1v) is 3.12. The molecule has 0 spiro atoms. The fourth-order valence-electron chi connectivity index (χ4n) is 0.342. The van der Waals surface area contributed by atoms with E-state index in [9.17, 15) is 0 Å². The molecule has 0 aromatic carbocycles. The summed E-state index contributed by atoms with van der Waals surface area (Å²) >= 11 is 0. The summed E-state index contributed by atoms with van der Waals surface area (Å²) in [6.45, 7) is 8.50. The number of hydrogen-bond donors (Lipinski definition) is 0. The molecule has 0 saturated carbocycles. The molecule has 0 aromatic rings. The molecule has 0 bridgehead atoms. The van der Waals surface area contributed by atoms with Gasteiger partial charge in [0.1, 0.15) is 0 Å². The van der Waals surface area contributed by atoms with Gasteiger partial charge in [0, 0.05) is 0 Å². The highest BCUT2D eigenvalue weighted by Gasteiger charge is 2.10. The van der Waals surface area contributed by atoms with Crippen molar-refractivity contribution in [1.29, 1.82) is 0 Å². The van der Waals surface area contributed by atoms with Crippen LogP contribution >= 0.6 is 0 Å². The molecule has 0 unspecified atom stereocenters. The zero-order chi connectivity index (χ0) is 7.49. The highest BCUT2D eigenvalue weighted by atomic mass is 14.2. The zero-order valence-corrected chi connectivity index (χ0v) is 6.65. The largest absolute Gasteiger partial charge is 0.115 e. The maximum atomic E-state index is 5.10. The average molecular weight is 122 g/mol. The maximum absolute atomic E-state index is 5.10. The van der Waals surface area contributed by atoms with Crippen LogP contribution in [0.3, 0.4) is 0 Å². The van der Waals surface area contributed by atoms with Crippen molar-refractivity contribution in [3.05, 3.63) is 11.6 Å². The van der Waals surface area contributed by atoms with Crippen LogP contribution in [0, 0.1) is 17.8 Å². The first kappa shape index (κ1) is 8.30. The second-order valence-corrected chi connectivity index (χ2v) is 3.24. The lowest BCUT2D eigenvalue weighted by molar-refractivity contribution is 0.504. The van der Waals surface area contributed by atoms with E-state index >= 15 is 0 Å². The van der Waals surface area contributed by atoms with Crippen molar-refractivity contribution in [3.8, 4) is 12.3 Å². The Morgan fingerprint density at radius 1 is 1.44 bits per heavy atom. The van der Waals surface area contributed by atoms with Gasteiger partial charge in [0.2, 0.25) is 0 Å². The Morgan fingerprint density at radius 3 is 2.00 bits per heavy atom. The normalized spacial score (nSPS) is 13.0. The third kappa shape index (κ3) is 2.98. The van der Waals surface area contributed by atoms with Crippen LogP contribution in [0.5, 0.6) is 0 Å². The molecule has 0 saturated heterocycles. The molecule has 0 aromatic heterocycles. The quantitative estimate of drug-likeness (QED) is 0.433. The molecule has 0 aliphatic rings. The van der Waals surface area contributed by atoms with Crippen molar-refractivity contribution in [2.75, 3.05) is 0 Å². The van der Waals surface area contributed by atoms with Crippen molar-refractivity contribution < 1.29 is 0 Å². The lowest BCUT2D eigenvalue weighted by Crippen LogP contribution is -2.05. The molecule has 0 atom stereocenters. The van der Waals surface area contributed by atoms with Crippen LogP contribution in [0.15, 0.2) is 11.6 Å². The Balaban J connectivity index is 4.25. The van der Waals surface area contributed by atoms with Gasteiger partial charge in [0.15, 0.2) is 0 Å². The van der Waals surface area contributed by atoms with E-state index < -0.39 is 0 Å². The van der Waals surface area contributed by atoms with Gasteiger partial charge in [-0.1, -0.05) is 32.3 Å². The minimum atomic E-state index is 0.229. The molecular formula is C9H14. The van der Waals surface area contributed by atoms with Crippen LogP contribution in [-0.2, 0) is 0 Å². The van der Waals surface area contributed by atoms with Crippen LogP contribution in [0.2, 0.25) is 0 Å². The third-order valence-electron chi connectivity index (χ3n) is 1.48. The van der Waals surface area contributed by atoms with Gasteiger partial charge >= 0.3 is 0 Å². The molecular weight excluding hydrogens is 108 g/mol. The van der Waals surface area contributed by atoms with Crippen molar-refractivity contribution in [2.24, 2.45) is 5.41 Å². The van der Waals surface area contributed by atoms with Gasteiger partial charge in [0.05, 0.1) is 0 Å². The Morgan fingerprint density at radius 2 is 1.89 bits per heavy atom. The number of rotatable bonds is 0. The standard InChI is InChI=1S/C9H14/c1-6-7-8(2)9(3,4)5/h1,7H,2-5H3. The molecule has 0 rings (SSSR count). The fraction of sp³-hybridized carbons (Fsp3) is 0.556. The Hall–Kier alpha value is -0.700. The molecule has 0 amide bonds. The van der Waals surface area contributed by atoms with Crippen LogP contribution in [0.1, 0.15) is 27.7 Å². The summed E-state index contributed by atoms with van der Waals surface area (Å²) in [5.41, 5.74) is 1.48. The average Bonchev–Trinajstić information content (AvgIpc) is 1.64. The Labute approximate surface area is 58.0 Å². The first-order chi connectivity index (χ1) is 3.98. The summed E-state index contributed by atoms with van der Waals surface area (Å²) in [6, 6.07) is 0. The molecule has 9 heavy (non-hydrogen) atoms. The van der Waals surface area contributed by atoms with Crippen LogP contribution in [-0.4, -0.2) is 0 Å². The molecule has 0 aliphatic carbocycles. The van der Waals surface area contributed by atoms with E-state index in [1.54, 1.807) is 0 Å². The smallest absolute Gasteiger partial charge is 0.0127 e. The summed E-state index contributed by atoms with van der Waals surface area (Å²) in [5, 5.41) is 0. The van der Waals surface area contributed by atoms with Crippen LogP contribution < -0.4 is 0 Å². The molecule has 0 aliphatic heterocycles. The SMILES string of the molecule is C#CC=C(C)C(C)(C)C. The Bertz CT molecular complexity index is 148. The van der Waals surface area contributed by atoms with E-state index in [0.29, 0.717) is 0 Å². The molecule has 0 N–H and O–H groups in total. The lowest BCUT2D eigenvalue weighted by Gasteiger charge is -2.17. The van der Waals surface area contributed by atoms with Gasteiger partial charge in [-0.15, -0.1) is 6.42 Å².